The molecule has 4 aromatic rings. The number of hydrogen-bond acceptors (Lipinski definition) is 13. The van der Waals surface area contributed by atoms with Crippen LogP contribution in [0.25, 0.3) is 22.5 Å². The van der Waals surface area contributed by atoms with Crippen LogP contribution in [0.5, 0.6) is 11.5 Å². The van der Waals surface area contributed by atoms with Gasteiger partial charge in [-0.25, -0.2) is 9.97 Å². The standard InChI is InChI=1S/C48H59N11O7/c1-27-35(26-54-42(55-27)32-7-9-36-30(24-32)12-14-48(36,3)4)44(61)57-37(13-15-49)47(64)59(5)41-31-8-11-40(66-21-18-52)34(25-31)33-22-29(6-10-39(33)65-20-17-51)23-38(45(62)53-19-16-50)58-43(60)28(2)56-46(41)63/h6-11,22,24-26,28,37-38,41H,12-15,17-21,23,49,51-52H2,1-5H3,(H,53,62)(H,56,63)(H,57,61)(H,58,60)/t28-,37-,38-,41-/m0/s1. The lowest BCUT2D eigenvalue weighted by atomic mass is 9.86. The van der Waals surface area contributed by atoms with E-state index in [4.69, 9.17) is 31.9 Å². The smallest absolute Gasteiger partial charge is 0.255 e. The molecule has 18 nitrogen and oxygen atoms in total. The van der Waals surface area contributed by atoms with Crippen molar-refractivity contribution in [2.75, 3.05) is 46.4 Å². The number of benzene rings is 3. The lowest BCUT2D eigenvalue weighted by Crippen LogP contribution is -2.56. The number of hydrogen-bond donors (Lipinski definition) is 7. The molecule has 0 radical (unpaired) electrons. The van der Waals surface area contributed by atoms with E-state index in [1.54, 1.807) is 43.3 Å². The highest BCUT2D eigenvalue weighted by molar-refractivity contribution is 6.00. The van der Waals surface area contributed by atoms with Crippen LogP contribution >= 0.6 is 0 Å². The predicted octanol–water partition coefficient (Wildman–Crippen LogP) is 1.85. The average molecular weight is 902 g/mol. The minimum atomic E-state index is -1.40. The minimum absolute atomic E-state index is 0.00364. The Hall–Kier alpha value is -6.94. The van der Waals surface area contributed by atoms with Crippen LogP contribution in [-0.2, 0) is 37.4 Å². The molecule has 0 spiro atoms. The summed E-state index contributed by atoms with van der Waals surface area (Å²) in [6.45, 7) is 7.98. The molecule has 5 amide bonds. The monoisotopic (exact) mass is 901 g/mol. The van der Waals surface area contributed by atoms with E-state index in [-0.39, 0.29) is 63.2 Å². The first-order valence-electron chi connectivity index (χ1n) is 22.0. The number of aryl methyl sites for hydroxylation is 2. The molecule has 1 aliphatic heterocycles. The molecule has 2 heterocycles. The van der Waals surface area contributed by atoms with Crippen LogP contribution in [0.4, 0.5) is 0 Å². The molecule has 66 heavy (non-hydrogen) atoms. The van der Waals surface area contributed by atoms with E-state index in [0.717, 1.165) is 18.4 Å². The summed E-state index contributed by atoms with van der Waals surface area (Å²) in [5.41, 5.74) is 23.6. The highest BCUT2D eigenvalue weighted by atomic mass is 16.5. The topological polar surface area (TPSA) is 283 Å². The van der Waals surface area contributed by atoms with E-state index in [1.165, 1.54) is 36.2 Å². The van der Waals surface area contributed by atoms with Gasteiger partial charge >= 0.3 is 0 Å². The summed E-state index contributed by atoms with van der Waals surface area (Å²) in [5, 5.41) is 19.9. The summed E-state index contributed by atoms with van der Waals surface area (Å²) in [5.74, 6) is -2.10. The molecule has 0 fully saturated rings. The first-order valence-corrected chi connectivity index (χ1v) is 22.0. The summed E-state index contributed by atoms with van der Waals surface area (Å²) in [7, 11) is 1.42. The second-order valence-electron chi connectivity index (χ2n) is 17.1. The number of rotatable bonds is 15. The van der Waals surface area contributed by atoms with E-state index in [2.05, 4.69) is 57.2 Å². The number of nitrogens with two attached hydrogens (primary N) is 3. The van der Waals surface area contributed by atoms with E-state index >= 15 is 0 Å². The Balaban J connectivity index is 1.37. The zero-order valence-electron chi connectivity index (χ0n) is 38.0. The van der Waals surface area contributed by atoms with Crippen LogP contribution in [0.15, 0.2) is 60.8 Å². The highest BCUT2D eigenvalue weighted by Crippen LogP contribution is 2.41. The maximum Gasteiger partial charge on any atom is 0.255 e. The fourth-order valence-electron chi connectivity index (χ4n) is 8.38. The van der Waals surface area contributed by atoms with Gasteiger partial charge in [-0.1, -0.05) is 38.1 Å². The van der Waals surface area contributed by atoms with E-state index in [0.29, 0.717) is 45.3 Å². The van der Waals surface area contributed by atoms with Crippen molar-refractivity contribution in [3.05, 3.63) is 94.3 Å². The Bertz CT molecular complexity index is 2520. The number of nitriles is 1. The Morgan fingerprint density at radius 3 is 2.32 bits per heavy atom. The zero-order chi connectivity index (χ0) is 47.7. The summed E-state index contributed by atoms with van der Waals surface area (Å²) in [6.07, 6.45) is 3.45. The first-order chi connectivity index (χ1) is 31.6. The molecule has 6 rings (SSSR count). The van der Waals surface area contributed by atoms with Crippen molar-refractivity contribution < 1.29 is 33.4 Å². The Morgan fingerprint density at radius 2 is 1.65 bits per heavy atom. The molecule has 0 saturated carbocycles. The van der Waals surface area contributed by atoms with Crippen molar-refractivity contribution in [3.63, 3.8) is 0 Å². The summed E-state index contributed by atoms with van der Waals surface area (Å²) in [6, 6.07) is 13.3. The van der Waals surface area contributed by atoms with Crippen LogP contribution in [0.3, 0.4) is 0 Å². The fourth-order valence-corrected chi connectivity index (χ4v) is 8.38. The first kappa shape index (κ1) is 48.5. The molecule has 348 valence electrons. The van der Waals surface area contributed by atoms with Gasteiger partial charge in [0.15, 0.2) is 5.82 Å². The molecule has 18 heteroatoms. The molecule has 2 aliphatic rings. The second-order valence-corrected chi connectivity index (χ2v) is 17.1. The van der Waals surface area contributed by atoms with Crippen molar-refractivity contribution in [1.82, 2.24) is 36.1 Å². The molecule has 1 aliphatic carbocycles. The number of nitrogens with one attached hydrogen (secondary N) is 4. The van der Waals surface area contributed by atoms with Crippen molar-refractivity contribution in [2.24, 2.45) is 17.2 Å². The molecule has 0 saturated heterocycles. The molecule has 1 aromatic heterocycles. The fraction of sp³-hybridized carbons (Fsp3) is 0.417. The van der Waals surface area contributed by atoms with Gasteiger partial charge in [0.25, 0.3) is 5.91 Å². The van der Waals surface area contributed by atoms with Gasteiger partial charge in [0.1, 0.15) is 55.4 Å². The number of carbonyl (C=O) groups is 5. The number of amides is 5. The van der Waals surface area contributed by atoms with Crippen LogP contribution < -0.4 is 47.9 Å². The quantitative estimate of drug-likeness (QED) is 0.0841. The van der Waals surface area contributed by atoms with Gasteiger partial charge in [0.05, 0.1) is 17.3 Å². The molecular formula is C48H59N11O7. The lowest BCUT2D eigenvalue weighted by molar-refractivity contribution is -0.141. The number of ether oxygens (including phenoxy) is 2. The third kappa shape index (κ3) is 10.9. The number of aromatic nitrogens is 2. The number of likely N-dealkylation sites (N-methyl/N-ethyl adjacent to an activating group) is 1. The van der Waals surface area contributed by atoms with E-state index in [9.17, 15) is 24.0 Å². The minimum Gasteiger partial charge on any atom is -0.492 e. The third-order valence-corrected chi connectivity index (χ3v) is 11.9. The number of fused-ring (bicyclic) bond motifs is 6. The molecule has 4 bridgehead atoms. The van der Waals surface area contributed by atoms with Crippen molar-refractivity contribution >= 4 is 29.5 Å². The van der Waals surface area contributed by atoms with Gasteiger partial charge in [0, 0.05) is 49.4 Å². The molecular weight excluding hydrogens is 843 g/mol. The maximum absolute atomic E-state index is 14.7. The number of carbonyl (C=O) groups excluding carboxylic acids is 5. The van der Waals surface area contributed by atoms with Gasteiger partial charge in [-0.2, -0.15) is 5.26 Å². The number of nitrogens with zero attached hydrogens (tertiary/aromatic N) is 4. The van der Waals surface area contributed by atoms with Gasteiger partial charge in [-0.15, -0.1) is 0 Å². The summed E-state index contributed by atoms with van der Waals surface area (Å²) in [4.78, 5) is 80.7. The molecule has 0 unspecified atom stereocenters. The van der Waals surface area contributed by atoms with E-state index < -0.39 is 53.7 Å². The average Bonchev–Trinajstić information content (AvgIpc) is 3.61. The lowest BCUT2D eigenvalue weighted by Gasteiger charge is -2.32. The van der Waals surface area contributed by atoms with E-state index in [1.807, 2.05) is 12.1 Å². The van der Waals surface area contributed by atoms with Gasteiger partial charge in [-0.3, -0.25) is 24.0 Å². The second kappa shape index (κ2) is 21.4. The summed E-state index contributed by atoms with van der Waals surface area (Å²) >= 11 is 0. The van der Waals surface area contributed by atoms with Gasteiger partial charge in [0.2, 0.25) is 23.6 Å². The third-order valence-electron chi connectivity index (χ3n) is 11.9. The zero-order valence-corrected chi connectivity index (χ0v) is 38.0. The molecule has 3 aromatic carbocycles. The molecule has 10 N–H and O–H groups in total. The molecule has 4 atom stereocenters. The SMILES string of the molecule is Cc1nc(-c2ccc3c(c2)CCC3(C)C)ncc1C(=O)N[C@@H](CCN)C(=O)N(C)[C@@H]1C(=O)N[C@@H](C)C(=O)N[C@H](C(=O)NCC#N)Cc2ccc(OCCN)c(c2)-c2cc1ccc2OCCN. The highest BCUT2D eigenvalue weighted by Gasteiger charge is 2.36. The van der Waals surface area contributed by atoms with Crippen LogP contribution in [0.1, 0.15) is 78.0 Å². The van der Waals surface area contributed by atoms with Crippen LogP contribution in [0.2, 0.25) is 0 Å². The predicted molar refractivity (Wildman–Crippen MR) is 247 cm³/mol. The van der Waals surface area contributed by atoms with Crippen molar-refractivity contribution in [1.29, 1.82) is 5.26 Å². The van der Waals surface area contributed by atoms with Gasteiger partial charge < -0.3 is 52.8 Å². The van der Waals surface area contributed by atoms with Gasteiger partial charge in [-0.05, 0) is 97.7 Å². The summed E-state index contributed by atoms with van der Waals surface area (Å²) < 4.78 is 12.2. The van der Waals surface area contributed by atoms with Crippen molar-refractivity contribution in [3.8, 4) is 40.1 Å². The van der Waals surface area contributed by atoms with Crippen molar-refractivity contribution in [2.45, 2.75) is 83.0 Å². The Kier molecular flexibility index (Phi) is 15.7. The largest absolute Gasteiger partial charge is 0.492 e. The Morgan fingerprint density at radius 1 is 0.955 bits per heavy atom. The normalized spacial score (nSPS) is 18.0. The maximum atomic E-state index is 14.7. The Labute approximate surface area is 384 Å². The van der Waals surface area contributed by atoms with Crippen LogP contribution in [0, 0.1) is 18.3 Å². The van der Waals surface area contributed by atoms with Crippen LogP contribution in [-0.4, -0.2) is 109 Å².